The largest absolute Gasteiger partial charge is 0.394 e. The molecule has 1 heterocycles. The number of rotatable bonds is 7. The number of hydrogen-bond acceptors (Lipinski definition) is 5. The monoisotopic (exact) mass is 253 g/mol. The lowest BCUT2D eigenvalue weighted by molar-refractivity contribution is 0.0757. The van der Waals surface area contributed by atoms with Gasteiger partial charge in [0.2, 0.25) is 0 Å². The second-order valence-corrected chi connectivity index (χ2v) is 4.97. The van der Waals surface area contributed by atoms with Gasteiger partial charge in [0, 0.05) is 12.1 Å². The third kappa shape index (κ3) is 3.31. The molecule has 0 amide bonds. The van der Waals surface area contributed by atoms with Crippen LogP contribution in [0.3, 0.4) is 0 Å². The van der Waals surface area contributed by atoms with Gasteiger partial charge in [-0.1, -0.05) is 25.9 Å². The summed E-state index contributed by atoms with van der Waals surface area (Å²) in [6.07, 6.45) is 2.60. The van der Waals surface area contributed by atoms with Crippen LogP contribution in [0.1, 0.15) is 31.9 Å². The first-order chi connectivity index (χ1) is 8.46. The standard InChI is InChI=1S/C11H22BN4O2/c1-8(10-5-16(12-3)15-14-10)4-9(2)11(13,6-17)7-18/h5,8-9,17-18H,4,6-7,13H2,1-3H3. The summed E-state index contributed by atoms with van der Waals surface area (Å²) in [5, 5.41) is 26.6. The maximum Gasteiger partial charge on any atom is 0.278 e. The summed E-state index contributed by atoms with van der Waals surface area (Å²) >= 11 is 0. The lowest BCUT2D eigenvalue weighted by atomic mass is 9.81. The van der Waals surface area contributed by atoms with E-state index in [1.54, 1.807) is 4.59 Å². The highest BCUT2D eigenvalue weighted by Gasteiger charge is 2.32. The Morgan fingerprint density at radius 2 is 2.06 bits per heavy atom. The maximum absolute atomic E-state index is 9.26. The Bertz CT molecular complexity index is 368. The zero-order valence-electron chi connectivity index (χ0n) is 11.2. The Morgan fingerprint density at radius 3 is 2.50 bits per heavy atom. The molecule has 1 rings (SSSR count). The van der Waals surface area contributed by atoms with E-state index in [4.69, 9.17) is 5.73 Å². The van der Waals surface area contributed by atoms with Gasteiger partial charge in [-0.25, -0.2) is 0 Å². The SMILES string of the molecule is C[B]n1cc(C(C)CC(C)C(N)(CO)CO)nn1. The van der Waals surface area contributed by atoms with Crippen molar-refractivity contribution < 1.29 is 10.2 Å². The van der Waals surface area contributed by atoms with Crippen molar-refractivity contribution in [2.75, 3.05) is 13.2 Å². The topological polar surface area (TPSA) is 97.2 Å². The van der Waals surface area contributed by atoms with Crippen molar-refractivity contribution in [1.82, 2.24) is 14.9 Å². The third-order valence-electron chi connectivity index (χ3n) is 3.57. The van der Waals surface area contributed by atoms with Crippen LogP contribution in [0.4, 0.5) is 0 Å². The lowest BCUT2D eigenvalue weighted by Crippen LogP contribution is -2.53. The van der Waals surface area contributed by atoms with Crippen LogP contribution in [-0.4, -0.2) is 51.3 Å². The van der Waals surface area contributed by atoms with Crippen molar-refractivity contribution in [3.8, 4) is 0 Å². The summed E-state index contributed by atoms with van der Waals surface area (Å²) in [5.74, 6) is 0.160. The van der Waals surface area contributed by atoms with Crippen molar-refractivity contribution in [3.63, 3.8) is 0 Å². The second-order valence-electron chi connectivity index (χ2n) is 4.97. The van der Waals surface area contributed by atoms with Gasteiger partial charge in [0.05, 0.1) is 24.4 Å². The Kier molecular flexibility index (Phi) is 5.31. The van der Waals surface area contributed by atoms with E-state index in [0.29, 0.717) is 0 Å². The molecule has 2 atom stereocenters. The van der Waals surface area contributed by atoms with E-state index in [-0.39, 0.29) is 25.0 Å². The van der Waals surface area contributed by atoms with Crippen molar-refractivity contribution in [1.29, 1.82) is 0 Å². The molecule has 1 aromatic heterocycles. The zero-order chi connectivity index (χ0) is 13.8. The van der Waals surface area contributed by atoms with E-state index in [1.807, 2.05) is 34.3 Å². The van der Waals surface area contributed by atoms with E-state index in [1.165, 1.54) is 0 Å². The quantitative estimate of drug-likeness (QED) is 0.575. The first-order valence-electron chi connectivity index (χ1n) is 6.18. The fourth-order valence-electron chi connectivity index (χ4n) is 1.89. The predicted octanol–water partition coefficient (Wildman–Crippen LogP) is -0.395. The molecule has 0 saturated heterocycles. The van der Waals surface area contributed by atoms with E-state index in [0.717, 1.165) is 12.1 Å². The normalized spacial score (nSPS) is 15.4. The van der Waals surface area contributed by atoms with Gasteiger partial charge in [-0.2, -0.15) is 0 Å². The molecular weight excluding hydrogens is 231 g/mol. The summed E-state index contributed by atoms with van der Waals surface area (Å²) in [6.45, 7) is 5.39. The molecule has 0 aliphatic heterocycles. The van der Waals surface area contributed by atoms with Gasteiger partial charge in [-0.15, -0.1) is 5.10 Å². The Hall–Kier alpha value is -0.915. The number of nitrogens with zero attached hydrogens (tertiary/aromatic N) is 3. The molecule has 1 radical (unpaired) electrons. The summed E-state index contributed by atoms with van der Waals surface area (Å²) in [6, 6.07) is 0. The first-order valence-corrected chi connectivity index (χ1v) is 6.18. The predicted molar refractivity (Wildman–Crippen MR) is 70.3 cm³/mol. The van der Waals surface area contributed by atoms with Crippen LogP contribution in [0.2, 0.25) is 6.82 Å². The van der Waals surface area contributed by atoms with Crippen molar-refractivity contribution in [3.05, 3.63) is 11.9 Å². The van der Waals surface area contributed by atoms with Crippen LogP contribution < -0.4 is 5.73 Å². The summed E-state index contributed by atoms with van der Waals surface area (Å²) in [5.41, 5.74) is 5.89. The van der Waals surface area contributed by atoms with E-state index in [9.17, 15) is 10.2 Å². The number of nitrogens with two attached hydrogens (primary N) is 1. The highest BCUT2D eigenvalue weighted by Crippen LogP contribution is 2.27. The van der Waals surface area contributed by atoms with Crippen LogP contribution in [0.5, 0.6) is 0 Å². The highest BCUT2D eigenvalue weighted by molar-refractivity contribution is 6.30. The minimum absolute atomic E-state index is 0.0155. The molecule has 4 N–H and O–H groups in total. The van der Waals surface area contributed by atoms with Crippen LogP contribution in [-0.2, 0) is 0 Å². The molecule has 7 heteroatoms. The number of aliphatic hydroxyl groups excluding tert-OH is 2. The van der Waals surface area contributed by atoms with Crippen LogP contribution in [0, 0.1) is 5.92 Å². The zero-order valence-corrected chi connectivity index (χ0v) is 11.2. The Labute approximate surface area is 108 Å². The fraction of sp³-hybridized carbons (Fsp3) is 0.818. The molecule has 0 bridgehead atoms. The molecule has 2 unspecified atom stereocenters. The molecule has 6 nitrogen and oxygen atoms in total. The molecule has 0 aromatic carbocycles. The molecule has 0 fully saturated rings. The van der Waals surface area contributed by atoms with E-state index >= 15 is 0 Å². The number of hydrogen-bond donors (Lipinski definition) is 3. The van der Waals surface area contributed by atoms with Crippen LogP contribution in [0.25, 0.3) is 0 Å². The van der Waals surface area contributed by atoms with Crippen molar-refractivity contribution in [2.24, 2.45) is 11.7 Å². The van der Waals surface area contributed by atoms with E-state index < -0.39 is 5.54 Å². The maximum atomic E-state index is 9.26. The van der Waals surface area contributed by atoms with Gasteiger partial charge in [-0.3, -0.25) is 0 Å². The Morgan fingerprint density at radius 1 is 1.44 bits per heavy atom. The molecule has 18 heavy (non-hydrogen) atoms. The van der Waals surface area contributed by atoms with Gasteiger partial charge in [0.25, 0.3) is 7.41 Å². The summed E-state index contributed by atoms with van der Waals surface area (Å²) in [7, 11) is 1.82. The average molecular weight is 253 g/mol. The van der Waals surface area contributed by atoms with Gasteiger partial charge in [-0.05, 0) is 12.3 Å². The van der Waals surface area contributed by atoms with Gasteiger partial charge in [0.15, 0.2) is 0 Å². The Balaban J connectivity index is 2.66. The molecule has 101 valence electrons. The molecule has 0 saturated carbocycles. The third-order valence-corrected chi connectivity index (χ3v) is 3.57. The molecule has 0 aliphatic rings. The second kappa shape index (κ2) is 6.31. The van der Waals surface area contributed by atoms with Gasteiger partial charge in [0.1, 0.15) is 0 Å². The smallest absolute Gasteiger partial charge is 0.278 e. The van der Waals surface area contributed by atoms with Crippen LogP contribution in [0.15, 0.2) is 6.20 Å². The van der Waals surface area contributed by atoms with Gasteiger partial charge >= 0.3 is 0 Å². The average Bonchev–Trinajstić information content (AvgIpc) is 2.86. The molecule has 0 spiro atoms. The molecule has 0 aliphatic carbocycles. The van der Waals surface area contributed by atoms with Crippen molar-refractivity contribution >= 4 is 7.41 Å². The first kappa shape index (κ1) is 15.1. The van der Waals surface area contributed by atoms with Crippen LogP contribution >= 0.6 is 0 Å². The minimum atomic E-state index is -0.943. The molecular formula is C11H22BN4O2. The number of aliphatic hydroxyl groups is 2. The summed E-state index contributed by atoms with van der Waals surface area (Å²) in [4.78, 5) is 0. The van der Waals surface area contributed by atoms with Gasteiger partial charge < -0.3 is 20.5 Å². The minimum Gasteiger partial charge on any atom is -0.394 e. The lowest BCUT2D eigenvalue weighted by Gasteiger charge is -2.33. The number of aromatic nitrogens is 3. The van der Waals surface area contributed by atoms with E-state index in [2.05, 4.69) is 10.3 Å². The summed E-state index contributed by atoms with van der Waals surface area (Å²) < 4.78 is 1.66. The van der Waals surface area contributed by atoms with Crippen molar-refractivity contribution in [2.45, 2.75) is 38.5 Å². The molecule has 1 aromatic rings. The highest BCUT2D eigenvalue weighted by atomic mass is 16.3. The fourth-order valence-corrected chi connectivity index (χ4v) is 1.89.